The summed E-state index contributed by atoms with van der Waals surface area (Å²) < 4.78 is 38.0. The molecule has 0 spiro atoms. The Balaban J connectivity index is 1.42. The topological polar surface area (TPSA) is 143 Å². The minimum Gasteiger partial charge on any atom is -0.411 e. The van der Waals surface area contributed by atoms with Crippen molar-refractivity contribution in [1.82, 2.24) is 24.7 Å². The van der Waals surface area contributed by atoms with Crippen LogP contribution in [0.2, 0.25) is 0 Å². The fourth-order valence-corrected chi connectivity index (χ4v) is 5.17. The molecule has 0 radical (unpaired) electrons. The lowest BCUT2D eigenvalue weighted by Gasteiger charge is -2.26. The van der Waals surface area contributed by atoms with Gasteiger partial charge in [-0.25, -0.2) is 8.42 Å². The van der Waals surface area contributed by atoms with E-state index in [1.807, 2.05) is 6.92 Å². The zero-order valence-electron chi connectivity index (χ0n) is 17.5. The number of ether oxygens (including phenoxy) is 1. The summed E-state index contributed by atoms with van der Waals surface area (Å²) in [5.41, 5.74) is 2.61. The molecule has 0 unspecified atom stereocenters. The largest absolute Gasteiger partial charge is 0.411 e. The first-order chi connectivity index (χ1) is 15.3. The number of H-pyrrole nitrogens is 1. The second kappa shape index (κ2) is 9.40. The van der Waals surface area contributed by atoms with Gasteiger partial charge in [0.05, 0.1) is 40.9 Å². The first-order valence-corrected chi connectivity index (χ1v) is 12.2. The molecule has 170 valence electrons. The summed E-state index contributed by atoms with van der Waals surface area (Å²) in [6, 6.07) is 6.36. The summed E-state index contributed by atoms with van der Waals surface area (Å²) >= 11 is 1.09. The van der Waals surface area contributed by atoms with E-state index >= 15 is 0 Å². The maximum atomic E-state index is 12.9. The van der Waals surface area contributed by atoms with Gasteiger partial charge in [-0.15, -0.1) is 10.2 Å². The predicted octanol–water partition coefficient (Wildman–Crippen LogP) is 1.83. The minimum absolute atomic E-state index is 0.0666. The Bertz CT molecular complexity index is 1200. The average molecular weight is 479 g/mol. The maximum Gasteiger partial charge on any atom is 0.277 e. The van der Waals surface area contributed by atoms with Crippen molar-refractivity contribution >= 4 is 33.4 Å². The number of nitrogens with one attached hydrogen (secondary N) is 2. The Morgan fingerprint density at radius 3 is 2.75 bits per heavy atom. The fraction of sp³-hybridized carbons (Fsp3) is 0.368. The van der Waals surface area contributed by atoms with Crippen molar-refractivity contribution in [3.8, 4) is 11.5 Å². The molecule has 2 aromatic heterocycles. The molecule has 1 saturated heterocycles. The number of rotatable bonds is 7. The Kier molecular flexibility index (Phi) is 6.60. The molecular weight excluding hydrogens is 456 g/mol. The van der Waals surface area contributed by atoms with Crippen LogP contribution < -0.4 is 5.32 Å². The zero-order valence-corrected chi connectivity index (χ0v) is 19.1. The molecule has 13 heteroatoms. The second-order valence-corrected chi connectivity index (χ2v) is 9.93. The standard InChI is InChI=1S/C19H22N6O5S2/c1-12-17(13(2)22-21-12)20-16(26)11-31-19-24-23-18(30-19)14-4-3-5-15(10-14)32(27,28)25-6-8-29-9-7-25/h3-5,10H,6-9,11H2,1-2H3,(H,20,26)(H,21,22). The van der Waals surface area contributed by atoms with E-state index in [4.69, 9.17) is 9.15 Å². The Morgan fingerprint density at radius 1 is 1.25 bits per heavy atom. The molecule has 1 amide bonds. The summed E-state index contributed by atoms with van der Waals surface area (Å²) in [6.45, 7) is 4.99. The number of sulfonamides is 1. The van der Waals surface area contributed by atoms with Crippen molar-refractivity contribution in [3.05, 3.63) is 35.7 Å². The van der Waals surface area contributed by atoms with Gasteiger partial charge in [0.25, 0.3) is 5.22 Å². The molecule has 0 atom stereocenters. The lowest BCUT2D eigenvalue weighted by Crippen LogP contribution is -2.40. The van der Waals surface area contributed by atoms with Gasteiger partial charge in [0.15, 0.2) is 0 Å². The third kappa shape index (κ3) is 4.85. The molecule has 1 fully saturated rings. The van der Waals surface area contributed by atoms with Crippen LogP contribution in [0.25, 0.3) is 11.5 Å². The van der Waals surface area contributed by atoms with E-state index in [-0.39, 0.29) is 27.7 Å². The van der Waals surface area contributed by atoms with E-state index in [1.165, 1.54) is 16.4 Å². The highest BCUT2D eigenvalue weighted by Gasteiger charge is 2.27. The number of carbonyl (C=O) groups excluding carboxylic acids is 1. The number of aryl methyl sites for hydroxylation is 2. The molecule has 3 heterocycles. The lowest BCUT2D eigenvalue weighted by atomic mass is 10.2. The summed E-state index contributed by atoms with van der Waals surface area (Å²) in [4.78, 5) is 12.4. The monoisotopic (exact) mass is 478 g/mol. The van der Waals surface area contributed by atoms with Crippen LogP contribution in [0.3, 0.4) is 0 Å². The molecule has 3 aromatic rings. The van der Waals surface area contributed by atoms with Crippen LogP contribution in [-0.2, 0) is 19.6 Å². The number of anilines is 1. The van der Waals surface area contributed by atoms with E-state index < -0.39 is 10.0 Å². The van der Waals surface area contributed by atoms with Crippen LogP contribution in [0, 0.1) is 13.8 Å². The molecule has 0 bridgehead atoms. The first kappa shape index (κ1) is 22.5. The Morgan fingerprint density at radius 2 is 2.03 bits per heavy atom. The van der Waals surface area contributed by atoms with Crippen LogP contribution in [0.5, 0.6) is 0 Å². The van der Waals surface area contributed by atoms with Gasteiger partial charge in [0.2, 0.25) is 21.8 Å². The van der Waals surface area contributed by atoms with Crippen LogP contribution in [0.15, 0.2) is 38.8 Å². The Hall–Kier alpha value is -2.74. The predicted molar refractivity (Wildman–Crippen MR) is 117 cm³/mol. The van der Waals surface area contributed by atoms with E-state index in [2.05, 4.69) is 25.7 Å². The third-order valence-corrected chi connectivity index (χ3v) is 7.53. The Labute approximate surface area is 189 Å². The number of nitrogens with zero attached hydrogens (tertiary/aromatic N) is 4. The highest BCUT2D eigenvalue weighted by atomic mass is 32.2. The van der Waals surface area contributed by atoms with Gasteiger partial charge in [-0.05, 0) is 32.0 Å². The molecule has 32 heavy (non-hydrogen) atoms. The minimum atomic E-state index is -3.64. The molecule has 1 aromatic carbocycles. The van der Waals surface area contributed by atoms with Crippen LogP contribution >= 0.6 is 11.8 Å². The maximum absolute atomic E-state index is 12.9. The van der Waals surface area contributed by atoms with Gasteiger partial charge in [-0.1, -0.05) is 17.8 Å². The molecule has 4 rings (SSSR count). The van der Waals surface area contributed by atoms with Crippen molar-refractivity contribution in [3.63, 3.8) is 0 Å². The molecule has 1 aliphatic rings. The van der Waals surface area contributed by atoms with Gasteiger partial charge in [-0.3, -0.25) is 9.89 Å². The van der Waals surface area contributed by atoms with E-state index in [0.717, 1.165) is 17.5 Å². The molecule has 2 N–H and O–H groups in total. The van der Waals surface area contributed by atoms with Gasteiger partial charge >= 0.3 is 0 Å². The van der Waals surface area contributed by atoms with E-state index in [0.29, 0.717) is 43.2 Å². The summed E-state index contributed by atoms with van der Waals surface area (Å²) in [5, 5.41) is 17.8. The number of aromatic nitrogens is 4. The molecule has 1 aliphatic heterocycles. The van der Waals surface area contributed by atoms with Crippen molar-refractivity contribution in [2.45, 2.75) is 24.0 Å². The van der Waals surface area contributed by atoms with Crippen molar-refractivity contribution < 1.29 is 22.4 Å². The van der Waals surface area contributed by atoms with E-state index in [9.17, 15) is 13.2 Å². The van der Waals surface area contributed by atoms with Crippen molar-refractivity contribution in [2.75, 3.05) is 37.4 Å². The number of amides is 1. The van der Waals surface area contributed by atoms with Crippen LogP contribution in [-0.4, -0.2) is 71.1 Å². The van der Waals surface area contributed by atoms with Crippen molar-refractivity contribution in [2.24, 2.45) is 0 Å². The number of thioether (sulfide) groups is 1. The molecule has 0 saturated carbocycles. The highest BCUT2D eigenvalue weighted by molar-refractivity contribution is 7.99. The highest BCUT2D eigenvalue weighted by Crippen LogP contribution is 2.27. The molecule has 11 nitrogen and oxygen atoms in total. The normalized spacial score (nSPS) is 15.1. The number of benzene rings is 1. The smallest absolute Gasteiger partial charge is 0.277 e. The molecular formula is C19H22N6O5S2. The van der Waals surface area contributed by atoms with Gasteiger partial charge in [0, 0.05) is 18.7 Å². The number of aromatic amines is 1. The SMILES string of the molecule is Cc1n[nH]c(C)c1NC(=O)CSc1nnc(-c2cccc(S(=O)(=O)N3CCOCC3)c2)o1. The first-order valence-electron chi connectivity index (χ1n) is 9.80. The van der Waals surface area contributed by atoms with Crippen LogP contribution in [0.1, 0.15) is 11.4 Å². The van der Waals surface area contributed by atoms with Gasteiger partial charge in [0.1, 0.15) is 0 Å². The quantitative estimate of drug-likeness (QED) is 0.486. The van der Waals surface area contributed by atoms with Crippen molar-refractivity contribution in [1.29, 1.82) is 0 Å². The summed E-state index contributed by atoms with van der Waals surface area (Å²) in [5.74, 6) is 0.00588. The average Bonchev–Trinajstić information content (AvgIpc) is 3.41. The number of hydrogen-bond donors (Lipinski definition) is 2. The van der Waals surface area contributed by atoms with E-state index in [1.54, 1.807) is 19.1 Å². The lowest BCUT2D eigenvalue weighted by molar-refractivity contribution is -0.113. The number of carbonyl (C=O) groups is 1. The summed E-state index contributed by atoms with van der Waals surface area (Å²) in [6.07, 6.45) is 0. The van der Waals surface area contributed by atoms with Crippen LogP contribution in [0.4, 0.5) is 5.69 Å². The second-order valence-electron chi connectivity index (χ2n) is 7.06. The third-order valence-electron chi connectivity index (χ3n) is 4.81. The van der Waals surface area contributed by atoms with Gasteiger partial charge < -0.3 is 14.5 Å². The summed E-state index contributed by atoms with van der Waals surface area (Å²) in [7, 11) is -3.64. The zero-order chi connectivity index (χ0) is 22.7. The van der Waals surface area contributed by atoms with Gasteiger partial charge in [-0.2, -0.15) is 9.40 Å². The number of morpholine rings is 1. The number of hydrogen-bond acceptors (Lipinski definition) is 9. The molecule has 0 aliphatic carbocycles. The fourth-order valence-electron chi connectivity index (χ4n) is 3.15.